The number of hydrogen-bond acceptors (Lipinski definition) is 9. The molecule has 65 heavy (non-hydrogen) atoms. The van der Waals surface area contributed by atoms with E-state index >= 15 is 0 Å². The van der Waals surface area contributed by atoms with E-state index in [1.54, 1.807) is 18.2 Å². The van der Waals surface area contributed by atoms with Crippen LogP contribution < -0.4 is 18.9 Å². The molecule has 346 valence electrons. The number of unbranched alkanes of at least 4 members (excludes halogenated alkanes) is 10. The number of nitrogens with zero attached hydrogens (tertiary/aromatic N) is 4. The monoisotopic (exact) mass is 883 g/mol. The summed E-state index contributed by atoms with van der Waals surface area (Å²) >= 11 is 0. The first-order valence-electron chi connectivity index (χ1n) is 23.5. The Morgan fingerprint density at radius 1 is 0.385 bits per heavy atom. The summed E-state index contributed by atoms with van der Waals surface area (Å²) in [4.78, 5) is 11.8. The molecular formula is C55H70N4O6. The van der Waals surface area contributed by atoms with Crippen LogP contribution in [-0.4, -0.2) is 37.5 Å². The van der Waals surface area contributed by atoms with Gasteiger partial charge in [-0.3, -0.25) is 0 Å². The molecule has 0 bridgehead atoms. The van der Waals surface area contributed by atoms with Gasteiger partial charge in [-0.15, -0.1) is 0 Å². The Hall–Kier alpha value is -6.03. The van der Waals surface area contributed by atoms with Crippen molar-refractivity contribution in [3.05, 3.63) is 132 Å². The van der Waals surface area contributed by atoms with Crippen LogP contribution in [0.3, 0.4) is 0 Å². The van der Waals surface area contributed by atoms with Gasteiger partial charge in [-0.05, 0) is 133 Å². The Kier molecular flexibility index (Phi) is 20.0. The van der Waals surface area contributed by atoms with Gasteiger partial charge in [0, 0.05) is 6.07 Å². The first-order chi connectivity index (χ1) is 31.3. The molecule has 0 heterocycles. The molecule has 1 N–H and O–H groups in total. The van der Waals surface area contributed by atoms with Crippen LogP contribution in [0.4, 0.5) is 22.7 Å². The van der Waals surface area contributed by atoms with E-state index in [-0.39, 0.29) is 16.4 Å². The van der Waals surface area contributed by atoms with E-state index < -0.39 is 5.97 Å². The molecule has 0 atom stereocenters. The van der Waals surface area contributed by atoms with E-state index in [9.17, 15) is 9.90 Å². The van der Waals surface area contributed by atoms with Gasteiger partial charge in [-0.2, -0.15) is 20.5 Å². The number of aromatic carboxylic acids is 1. The quantitative estimate of drug-likeness (QED) is 0.0414. The number of benzene rings is 5. The van der Waals surface area contributed by atoms with Crippen LogP contribution in [0.5, 0.6) is 23.0 Å². The summed E-state index contributed by atoms with van der Waals surface area (Å²) in [5.74, 6) is 1.72. The summed E-state index contributed by atoms with van der Waals surface area (Å²) in [5, 5.41) is 27.1. The highest BCUT2D eigenvalue weighted by Crippen LogP contribution is 2.29. The highest BCUT2D eigenvalue weighted by Gasteiger charge is 2.14. The molecule has 0 amide bonds. The van der Waals surface area contributed by atoms with E-state index in [4.69, 9.17) is 18.9 Å². The number of hydrogen-bond donors (Lipinski definition) is 1. The van der Waals surface area contributed by atoms with Crippen molar-refractivity contribution in [2.75, 3.05) is 26.4 Å². The van der Waals surface area contributed by atoms with E-state index in [1.807, 2.05) is 72.8 Å². The van der Waals surface area contributed by atoms with Gasteiger partial charge in [0.25, 0.3) is 0 Å². The zero-order valence-electron chi connectivity index (χ0n) is 39.6. The van der Waals surface area contributed by atoms with E-state index in [0.717, 1.165) is 111 Å². The maximum Gasteiger partial charge on any atom is 0.335 e. The van der Waals surface area contributed by atoms with Crippen LogP contribution in [0, 0.1) is 0 Å². The van der Waals surface area contributed by atoms with Crippen molar-refractivity contribution >= 4 is 28.7 Å². The fourth-order valence-electron chi connectivity index (χ4n) is 6.95. The molecule has 0 aromatic heterocycles. The number of ether oxygens (including phenoxy) is 4. The Bertz CT molecular complexity index is 2060. The third-order valence-corrected chi connectivity index (χ3v) is 11.0. The highest BCUT2D eigenvalue weighted by molar-refractivity contribution is 5.88. The fourth-order valence-corrected chi connectivity index (χ4v) is 6.95. The predicted molar refractivity (Wildman–Crippen MR) is 262 cm³/mol. The molecule has 0 aliphatic heterocycles. The van der Waals surface area contributed by atoms with Crippen molar-refractivity contribution in [3.8, 4) is 23.0 Å². The lowest BCUT2D eigenvalue weighted by Gasteiger charge is -2.18. The smallest absolute Gasteiger partial charge is 0.335 e. The molecule has 10 nitrogen and oxygen atoms in total. The van der Waals surface area contributed by atoms with Crippen LogP contribution in [0.25, 0.3) is 0 Å². The zero-order chi connectivity index (χ0) is 46.3. The minimum Gasteiger partial charge on any atom is -0.494 e. The summed E-state index contributed by atoms with van der Waals surface area (Å²) in [6, 6.07) is 36.8. The third kappa shape index (κ3) is 18.9. The first-order valence-corrected chi connectivity index (χ1v) is 23.5. The molecule has 10 heteroatoms. The summed E-state index contributed by atoms with van der Waals surface area (Å²) in [6.07, 6.45) is 12.5. The first kappa shape index (κ1) is 50.0. The number of carboxylic acid groups (broad SMARTS) is 1. The molecule has 0 saturated carbocycles. The van der Waals surface area contributed by atoms with Crippen LogP contribution in [-0.2, 0) is 10.8 Å². The molecular weight excluding hydrogens is 813 g/mol. The summed E-state index contributed by atoms with van der Waals surface area (Å²) in [5.41, 5.74) is 6.17. The lowest BCUT2D eigenvalue weighted by atomic mass is 9.87. The number of carbonyl (C=O) groups is 1. The molecule has 0 radical (unpaired) electrons. The average Bonchev–Trinajstić information content (AvgIpc) is 3.29. The predicted octanol–water partition coefficient (Wildman–Crippen LogP) is 16.4. The van der Waals surface area contributed by atoms with Gasteiger partial charge >= 0.3 is 5.97 Å². The summed E-state index contributed by atoms with van der Waals surface area (Å²) in [7, 11) is 0. The zero-order valence-corrected chi connectivity index (χ0v) is 39.6. The van der Waals surface area contributed by atoms with Gasteiger partial charge in [0.2, 0.25) is 0 Å². The highest BCUT2D eigenvalue weighted by atomic mass is 16.5. The summed E-state index contributed by atoms with van der Waals surface area (Å²) in [6.45, 7) is 15.6. The normalized spacial score (nSPS) is 11.9. The lowest BCUT2D eigenvalue weighted by Crippen LogP contribution is -2.10. The maximum atomic E-state index is 11.8. The third-order valence-electron chi connectivity index (χ3n) is 11.0. The molecule has 5 rings (SSSR count). The van der Waals surface area contributed by atoms with Crippen molar-refractivity contribution in [2.24, 2.45) is 20.5 Å². The van der Waals surface area contributed by atoms with Gasteiger partial charge in [0.05, 0.1) is 54.7 Å². The SMILES string of the molecule is CC(C)(C)c1ccc(N=Nc2ccc(OCCCCCCCCOc3cc(OCCCCCCCCOc4ccc(N=Nc5ccc(C(C)(C)C)cc5)cc4)cc(C(=O)O)c3)cc2)cc1. The molecule has 0 spiro atoms. The van der Waals surface area contributed by atoms with E-state index in [2.05, 4.69) is 86.3 Å². The topological polar surface area (TPSA) is 124 Å². The minimum absolute atomic E-state index is 0.111. The van der Waals surface area contributed by atoms with Crippen LogP contribution in [0.2, 0.25) is 0 Å². The van der Waals surface area contributed by atoms with Crippen LogP contribution >= 0.6 is 0 Å². The molecule has 0 aliphatic carbocycles. The Balaban J connectivity index is 0.857. The number of azo groups is 2. The van der Waals surface area contributed by atoms with Crippen molar-refractivity contribution in [2.45, 2.75) is 129 Å². The van der Waals surface area contributed by atoms with E-state index in [1.165, 1.54) is 11.1 Å². The van der Waals surface area contributed by atoms with Gasteiger partial charge in [0.1, 0.15) is 23.0 Å². The molecule has 0 aliphatic rings. The Morgan fingerprint density at radius 3 is 0.923 bits per heavy atom. The molecule has 0 unspecified atom stereocenters. The van der Waals surface area contributed by atoms with Gasteiger partial charge < -0.3 is 24.1 Å². The second-order valence-corrected chi connectivity index (χ2v) is 18.6. The van der Waals surface area contributed by atoms with Crippen LogP contribution in [0.15, 0.2) is 136 Å². The van der Waals surface area contributed by atoms with Crippen molar-refractivity contribution in [1.29, 1.82) is 0 Å². The van der Waals surface area contributed by atoms with Gasteiger partial charge in [0.15, 0.2) is 0 Å². The van der Waals surface area contributed by atoms with Gasteiger partial charge in [-0.25, -0.2) is 4.79 Å². The lowest BCUT2D eigenvalue weighted by molar-refractivity contribution is 0.0695. The van der Waals surface area contributed by atoms with Crippen LogP contribution in [0.1, 0.15) is 140 Å². The van der Waals surface area contributed by atoms with Gasteiger partial charge in [-0.1, -0.05) is 117 Å². The van der Waals surface area contributed by atoms with Crippen molar-refractivity contribution in [3.63, 3.8) is 0 Å². The number of carboxylic acids is 1. The largest absolute Gasteiger partial charge is 0.494 e. The fraction of sp³-hybridized carbons (Fsp3) is 0.436. The molecule has 0 saturated heterocycles. The Labute approximate surface area is 387 Å². The Morgan fingerprint density at radius 2 is 0.646 bits per heavy atom. The van der Waals surface area contributed by atoms with Crippen molar-refractivity contribution in [1.82, 2.24) is 0 Å². The second-order valence-electron chi connectivity index (χ2n) is 18.6. The molecule has 5 aromatic carbocycles. The summed E-state index contributed by atoms with van der Waals surface area (Å²) < 4.78 is 23.8. The average molecular weight is 883 g/mol. The molecule has 0 fully saturated rings. The molecule has 5 aromatic rings. The number of rotatable bonds is 27. The van der Waals surface area contributed by atoms with Crippen molar-refractivity contribution < 1.29 is 28.8 Å². The van der Waals surface area contributed by atoms with E-state index in [0.29, 0.717) is 37.9 Å². The maximum absolute atomic E-state index is 11.8. The second kappa shape index (κ2) is 26.1. The minimum atomic E-state index is -0.998. The standard InChI is InChI=1S/C55H70N4O6/c1-54(2,3)43-19-23-45(24-20-43)56-58-47-27-31-49(32-28-47)62-35-15-11-7-9-13-17-37-64-51-39-42(53(60)61)40-52(41-51)65-38-18-14-10-8-12-16-36-63-50-33-29-48(30-34-50)59-57-46-25-21-44(22-26-46)55(4,5)6/h19-34,39-41H,7-18,35-38H2,1-6H3,(H,60,61).